The molecule has 4 rings (SSSR count). The monoisotopic (exact) mass is 617 g/mol. The van der Waals surface area contributed by atoms with Gasteiger partial charge in [-0.1, -0.05) is 48.5 Å². The van der Waals surface area contributed by atoms with Crippen LogP contribution >= 0.6 is 0 Å². The molecule has 45 heavy (non-hydrogen) atoms. The average Bonchev–Trinajstić information content (AvgIpc) is 3.34. The van der Waals surface area contributed by atoms with Crippen LogP contribution < -0.4 is 25.0 Å². The number of nitrogens with one attached hydrogen (secondary N) is 2. The fraction of sp³-hybridized carbons (Fsp3) is 0.400. The fourth-order valence-corrected chi connectivity index (χ4v) is 5.42. The molecule has 0 spiro atoms. The lowest BCUT2D eigenvalue weighted by Crippen LogP contribution is -2.49. The topological polar surface area (TPSA) is 115 Å². The fourth-order valence-electron chi connectivity index (χ4n) is 5.42. The maximum atomic E-state index is 13.6. The molecule has 1 atom stereocenters. The van der Waals surface area contributed by atoms with Crippen LogP contribution in [-0.2, 0) is 14.3 Å². The Morgan fingerprint density at radius 3 is 2.07 bits per heavy atom. The number of carbonyl (C=O) groups excluding carboxylic acids is 3. The number of likely N-dealkylation sites (N-methyl/N-ethyl adjacent to an activating group) is 1. The van der Waals surface area contributed by atoms with Gasteiger partial charge in [0, 0.05) is 31.3 Å². The third kappa shape index (κ3) is 8.47. The van der Waals surface area contributed by atoms with Crippen molar-refractivity contribution in [1.29, 1.82) is 0 Å². The summed E-state index contributed by atoms with van der Waals surface area (Å²) in [5.41, 5.74) is 4.49. The van der Waals surface area contributed by atoms with Gasteiger partial charge in [0.1, 0.15) is 18.2 Å². The van der Waals surface area contributed by atoms with E-state index in [1.54, 1.807) is 46.0 Å². The van der Waals surface area contributed by atoms with Crippen molar-refractivity contribution >= 4 is 23.8 Å². The Hall–Kier alpha value is -4.73. The largest absolute Gasteiger partial charge is 0.493 e. The SMILES string of the molecule is COc1ccc(N(C)C(=O)C(CCCCNC(=O)OCC2c3ccccc3-c3ccccc32)NC(=O)OC(C)(C)C)cc1OC. The van der Waals surface area contributed by atoms with Crippen molar-refractivity contribution in [3.63, 3.8) is 0 Å². The Kier molecular flexibility index (Phi) is 10.9. The summed E-state index contributed by atoms with van der Waals surface area (Å²) in [6.07, 6.45) is 0.282. The van der Waals surface area contributed by atoms with E-state index < -0.39 is 23.8 Å². The molecule has 0 radical (unpaired) electrons. The normalized spacial score (nSPS) is 12.8. The van der Waals surface area contributed by atoms with Crippen LogP contribution in [0.1, 0.15) is 57.1 Å². The van der Waals surface area contributed by atoms with Crippen molar-refractivity contribution in [2.75, 3.05) is 39.3 Å². The highest BCUT2D eigenvalue weighted by Crippen LogP contribution is 2.44. The number of hydrogen-bond donors (Lipinski definition) is 2. The molecule has 0 saturated carbocycles. The highest BCUT2D eigenvalue weighted by molar-refractivity contribution is 5.98. The number of carbonyl (C=O) groups is 3. The lowest BCUT2D eigenvalue weighted by Gasteiger charge is -2.27. The zero-order valence-corrected chi connectivity index (χ0v) is 26.8. The smallest absolute Gasteiger partial charge is 0.408 e. The second-order valence-corrected chi connectivity index (χ2v) is 11.9. The number of methoxy groups -OCH3 is 2. The highest BCUT2D eigenvalue weighted by atomic mass is 16.6. The van der Waals surface area contributed by atoms with Gasteiger partial charge in [-0.2, -0.15) is 0 Å². The van der Waals surface area contributed by atoms with Crippen LogP contribution in [0.25, 0.3) is 11.1 Å². The van der Waals surface area contributed by atoms with Gasteiger partial charge in [0.2, 0.25) is 5.91 Å². The molecule has 10 heteroatoms. The molecule has 0 saturated heterocycles. The number of rotatable bonds is 12. The third-order valence-electron chi connectivity index (χ3n) is 7.61. The summed E-state index contributed by atoms with van der Waals surface area (Å²) in [6.45, 7) is 5.87. The Morgan fingerprint density at radius 2 is 1.47 bits per heavy atom. The van der Waals surface area contributed by atoms with Crippen LogP contribution in [-0.4, -0.2) is 64.2 Å². The first-order valence-corrected chi connectivity index (χ1v) is 15.1. The number of amides is 3. The van der Waals surface area contributed by atoms with E-state index in [1.807, 2.05) is 24.3 Å². The molecular weight excluding hydrogens is 574 g/mol. The molecule has 1 aliphatic carbocycles. The molecule has 0 aromatic heterocycles. The van der Waals surface area contributed by atoms with Gasteiger partial charge >= 0.3 is 12.2 Å². The maximum Gasteiger partial charge on any atom is 0.408 e. The lowest BCUT2D eigenvalue weighted by molar-refractivity contribution is -0.120. The molecule has 3 amide bonds. The zero-order valence-electron chi connectivity index (χ0n) is 26.8. The summed E-state index contributed by atoms with van der Waals surface area (Å²) < 4.78 is 21.7. The summed E-state index contributed by atoms with van der Waals surface area (Å²) >= 11 is 0. The number of nitrogens with zero attached hydrogens (tertiary/aromatic N) is 1. The van der Waals surface area contributed by atoms with Gasteiger partial charge in [0.15, 0.2) is 11.5 Å². The number of benzene rings is 3. The number of unbranched alkanes of at least 4 members (excludes halogenated alkanes) is 1. The van der Waals surface area contributed by atoms with Crippen molar-refractivity contribution in [3.8, 4) is 22.6 Å². The van der Waals surface area contributed by atoms with Gasteiger partial charge in [0.05, 0.1) is 14.2 Å². The van der Waals surface area contributed by atoms with Gasteiger partial charge in [-0.15, -0.1) is 0 Å². The Balaban J connectivity index is 1.30. The van der Waals surface area contributed by atoms with Crippen molar-refractivity contribution in [2.45, 2.75) is 57.6 Å². The lowest BCUT2D eigenvalue weighted by atomic mass is 9.98. The molecule has 240 valence electrons. The van der Waals surface area contributed by atoms with E-state index in [-0.39, 0.29) is 18.4 Å². The number of fused-ring (bicyclic) bond motifs is 3. The molecule has 0 heterocycles. The van der Waals surface area contributed by atoms with E-state index in [0.717, 1.165) is 11.1 Å². The maximum absolute atomic E-state index is 13.6. The van der Waals surface area contributed by atoms with E-state index >= 15 is 0 Å². The summed E-state index contributed by atoms with van der Waals surface area (Å²) in [6, 6.07) is 20.7. The predicted octanol–water partition coefficient (Wildman–Crippen LogP) is 6.27. The first kappa shape index (κ1) is 33.2. The summed E-state index contributed by atoms with van der Waals surface area (Å²) in [5.74, 6) is 0.675. The standard InChI is InChI=1S/C35H43N3O7/c1-35(2,3)45-34(41)37-29(32(39)38(4)23-18-19-30(42-5)31(21-23)43-6)17-11-12-20-36-33(40)44-22-28-26-15-9-7-13-24(26)25-14-8-10-16-27(25)28/h7-10,13-16,18-19,21,28-29H,11-12,17,20,22H2,1-6H3,(H,36,40)(H,37,41). The quantitative estimate of drug-likeness (QED) is 0.230. The van der Waals surface area contributed by atoms with Crippen molar-refractivity contribution < 1.29 is 33.3 Å². The van der Waals surface area contributed by atoms with E-state index in [9.17, 15) is 14.4 Å². The Morgan fingerprint density at radius 1 is 0.844 bits per heavy atom. The molecule has 2 N–H and O–H groups in total. The highest BCUT2D eigenvalue weighted by Gasteiger charge is 2.30. The van der Waals surface area contributed by atoms with Crippen LogP contribution in [0.5, 0.6) is 11.5 Å². The first-order valence-electron chi connectivity index (χ1n) is 15.1. The molecule has 0 fully saturated rings. The number of ether oxygens (including phenoxy) is 4. The van der Waals surface area contributed by atoms with Crippen LogP contribution in [0.2, 0.25) is 0 Å². The van der Waals surface area contributed by atoms with Crippen molar-refractivity contribution in [1.82, 2.24) is 10.6 Å². The summed E-state index contributed by atoms with van der Waals surface area (Å²) in [4.78, 5) is 40.2. The van der Waals surface area contributed by atoms with Gasteiger partial charge < -0.3 is 34.5 Å². The molecule has 0 aliphatic heterocycles. The predicted molar refractivity (Wildman–Crippen MR) is 173 cm³/mol. The minimum atomic E-state index is -0.854. The third-order valence-corrected chi connectivity index (χ3v) is 7.61. The Bertz CT molecular complexity index is 1460. The molecular formula is C35H43N3O7. The molecule has 1 unspecified atom stereocenters. The number of alkyl carbamates (subject to hydrolysis) is 2. The van der Waals surface area contributed by atoms with E-state index in [2.05, 4.69) is 34.9 Å². The van der Waals surface area contributed by atoms with Crippen LogP contribution in [0.3, 0.4) is 0 Å². The summed E-state index contributed by atoms with van der Waals surface area (Å²) in [5, 5.41) is 5.53. The van der Waals surface area contributed by atoms with Crippen LogP contribution in [0, 0.1) is 0 Å². The first-order chi connectivity index (χ1) is 21.5. The number of anilines is 1. The van der Waals surface area contributed by atoms with E-state index in [0.29, 0.717) is 43.0 Å². The molecule has 3 aromatic rings. The minimum absolute atomic E-state index is 0.0171. The average molecular weight is 618 g/mol. The van der Waals surface area contributed by atoms with Gasteiger partial charge in [0.25, 0.3) is 0 Å². The minimum Gasteiger partial charge on any atom is -0.493 e. The van der Waals surface area contributed by atoms with Gasteiger partial charge in [-0.25, -0.2) is 9.59 Å². The van der Waals surface area contributed by atoms with E-state index in [1.165, 1.54) is 30.2 Å². The molecule has 3 aromatic carbocycles. The van der Waals surface area contributed by atoms with Crippen LogP contribution in [0.4, 0.5) is 15.3 Å². The van der Waals surface area contributed by atoms with E-state index in [4.69, 9.17) is 18.9 Å². The van der Waals surface area contributed by atoms with Gasteiger partial charge in [-0.05, 0) is 74.4 Å². The Labute approximate surface area is 265 Å². The van der Waals surface area contributed by atoms with Crippen molar-refractivity contribution in [3.05, 3.63) is 77.9 Å². The summed E-state index contributed by atoms with van der Waals surface area (Å²) in [7, 11) is 4.69. The molecule has 0 bridgehead atoms. The second kappa shape index (κ2) is 14.8. The number of hydrogen-bond acceptors (Lipinski definition) is 7. The second-order valence-electron chi connectivity index (χ2n) is 11.9. The molecule has 1 aliphatic rings. The van der Waals surface area contributed by atoms with Crippen molar-refractivity contribution in [2.24, 2.45) is 0 Å². The van der Waals surface area contributed by atoms with Crippen LogP contribution in [0.15, 0.2) is 66.7 Å². The zero-order chi connectivity index (χ0) is 32.6. The molecule has 10 nitrogen and oxygen atoms in total. The van der Waals surface area contributed by atoms with Gasteiger partial charge in [-0.3, -0.25) is 4.79 Å².